The van der Waals surface area contributed by atoms with E-state index >= 15 is 0 Å². The van der Waals surface area contributed by atoms with Crippen molar-refractivity contribution < 1.29 is 41.4 Å². The molecule has 2 amide bonds. The van der Waals surface area contributed by atoms with Crippen LogP contribution < -0.4 is 9.64 Å². The van der Waals surface area contributed by atoms with Crippen molar-refractivity contribution in [3.63, 3.8) is 0 Å². The Morgan fingerprint density at radius 2 is 1.71 bits per heavy atom. The fourth-order valence-electron chi connectivity index (χ4n) is 4.31. The molecule has 228 valence electrons. The first-order valence-corrected chi connectivity index (χ1v) is 13.3. The summed E-state index contributed by atoms with van der Waals surface area (Å²) in [4.78, 5) is 32.4. The van der Waals surface area contributed by atoms with E-state index in [0.29, 0.717) is 30.1 Å². The summed E-state index contributed by atoms with van der Waals surface area (Å²) in [5, 5.41) is 4.04. The number of halogens is 4. The zero-order valence-electron chi connectivity index (χ0n) is 24.2. The maximum absolute atomic E-state index is 14.3. The Morgan fingerprint density at radius 1 is 1.02 bits per heavy atom. The normalized spacial score (nSPS) is 16.3. The Kier molecular flexibility index (Phi) is 8.29. The van der Waals surface area contributed by atoms with Gasteiger partial charge in [-0.3, -0.25) is 0 Å². The number of alkyl halides is 3. The van der Waals surface area contributed by atoms with Crippen molar-refractivity contribution >= 4 is 29.2 Å². The smallest absolute Gasteiger partial charge is 0.435 e. The number of aromatic nitrogens is 3. The van der Waals surface area contributed by atoms with Gasteiger partial charge in [0.1, 0.15) is 28.8 Å². The fraction of sp³-hybridized carbons (Fsp3) is 0.500. The van der Waals surface area contributed by atoms with Crippen molar-refractivity contribution in [1.82, 2.24) is 19.5 Å². The number of carbonyl (C=O) groups is 2. The largest absolute Gasteiger partial charge is 0.471 e. The molecule has 1 fully saturated rings. The third-order valence-corrected chi connectivity index (χ3v) is 5.92. The number of amides is 2. The molecular weight excluding hydrogens is 562 g/mol. The summed E-state index contributed by atoms with van der Waals surface area (Å²) in [6.07, 6.45) is -5.43. The minimum absolute atomic E-state index is 0.0198. The quantitative estimate of drug-likeness (QED) is 0.308. The SMILES string of the molecule is CC(C)(C)OC(=O)N1CCC[C@H](Oc2cc(N(C(=O)OC(C)(C)C)c3cccc(F)c3)c3ncc(C(F)(F)F)n3n2)C1. The number of likely N-dealkylation sites (tertiary alicyclic amines) is 1. The Bertz CT molecular complexity index is 1460. The van der Waals surface area contributed by atoms with Gasteiger partial charge in [-0.15, -0.1) is 5.10 Å². The molecule has 0 N–H and O–H groups in total. The highest BCUT2D eigenvalue weighted by atomic mass is 19.4. The van der Waals surface area contributed by atoms with Crippen molar-refractivity contribution in [3.8, 4) is 5.88 Å². The van der Waals surface area contributed by atoms with Gasteiger partial charge in [0.25, 0.3) is 0 Å². The van der Waals surface area contributed by atoms with E-state index in [1.165, 1.54) is 23.1 Å². The van der Waals surface area contributed by atoms with Crippen molar-refractivity contribution in [1.29, 1.82) is 0 Å². The highest BCUT2D eigenvalue weighted by molar-refractivity contribution is 6.00. The maximum atomic E-state index is 14.3. The van der Waals surface area contributed by atoms with E-state index in [-0.39, 0.29) is 29.4 Å². The van der Waals surface area contributed by atoms with Crippen LogP contribution in [0.15, 0.2) is 36.5 Å². The van der Waals surface area contributed by atoms with Crippen molar-refractivity contribution in [2.75, 3.05) is 18.0 Å². The van der Waals surface area contributed by atoms with Crippen LogP contribution in [0, 0.1) is 5.82 Å². The molecule has 2 aromatic heterocycles. The van der Waals surface area contributed by atoms with Gasteiger partial charge >= 0.3 is 18.4 Å². The monoisotopic (exact) mass is 595 g/mol. The third kappa shape index (κ3) is 7.39. The minimum atomic E-state index is -4.85. The number of nitrogens with zero attached hydrogens (tertiary/aromatic N) is 5. The number of piperidine rings is 1. The van der Waals surface area contributed by atoms with Gasteiger partial charge in [-0.25, -0.2) is 28.4 Å². The second-order valence-electron chi connectivity index (χ2n) is 11.8. The van der Waals surface area contributed by atoms with Crippen LogP contribution in [0.2, 0.25) is 0 Å². The van der Waals surface area contributed by atoms with Crippen LogP contribution in [0.25, 0.3) is 5.65 Å². The molecule has 1 aliphatic rings. The molecule has 0 aliphatic carbocycles. The molecule has 0 spiro atoms. The summed E-state index contributed by atoms with van der Waals surface area (Å²) < 4.78 is 73.6. The summed E-state index contributed by atoms with van der Waals surface area (Å²) >= 11 is 0. The number of hydrogen-bond acceptors (Lipinski definition) is 7. The second kappa shape index (κ2) is 11.3. The first-order chi connectivity index (χ1) is 19.4. The van der Waals surface area contributed by atoms with Crippen molar-refractivity contribution in [2.24, 2.45) is 0 Å². The molecule has 0 saturated carbocycles. The predicted molar refractivity (Wildman–Crippen MR) is 144 cm³/mol. The lowest BCUT2D eigenvalue weighted by atomic mass is 10.1. The summed E-state index contributed by atoms with van der Waals surface area (Å²) in [5.41, 5.74) is -3.48. The molecule has 0 unspecified atom stereocenters. The van der Waals surface area contributed by atoms with Gasteiger partial charge in [0.2, 0.25) is 5.88 Å². The summed E-state index contributed by atoms with van der Waals surface area (Å²) in [6, 6.07) is 6.18. The topological polar surface area (TPSA) is 98.5 Å². The standard InChI is InChI=1S/C28H33F4N5O5/c1-26(2,3)41-24(38)35-12-8-11-19(16-35)40-22-14-20(23-33-15-21(28(30,31)32)37(23)34-22)36(25(39)42-27(4,5)6)18-10-7-9-17(29)13-18/h7,9-10,13-15,19H,8,11-12,16H2,1-6H3/t19-/m0/s1. The Hall–Kier alpha value is -4.10. The minimum Gasteiger partial charge on any atom is -0.471 e. The lowest BCUT2D eigenvalue weighted by Gasteiger charge is -2.34. The summed E-state index contributed by atoms with van der Waals surface area (Å²) in [5.74, 6) is -0.964. The van der Waals surface area contributed by atoms with Crippen molar-refractivity contribution in [3.05, 3.63) is 48.0 Å². The Morgan fingerprint density at radius 3 is 2.33 bits per heavy atom. The van der Waals surface area contributed by atoms with Gasteiger partial charge in [0, 0.05) is 12.6 Å². The van der Waals surface area contributed by atoms with Crippen LogP contribution in [-0.4, -0.2) is 62.1 Å². The average Bonchev–Trinajstić information content (AvgIpc) is 3.27. The number of imidazole rings is 1. The summed E-state index contributed by atoms with van der Waals surface area (Å²) in [7, 11) is 0. The molecule has 14 heteroatoms. The van der Waals surface area contributed by atoms with Gasteiger partial charge in [-0.1, -0.05) is 6.07 Å². The molecule has 42 heavy (non-hydrogen) atoms. The molecule has 1 aliphatic heterocycles. The molecule has 0 bridgehead atoms. The number of ether oxygens (including phenoxy) is 3. The molecule has 10 nitrogen and oxygen atoms in total. The lowest BCUT2D eigenvalue weighted by molar-refractivity contribution is -0.142. The second-order valence-corrected chi connectivity index (χ2v) is 11.8. The van der Waals surface area contributed by atoms with Gasteiger partial charge in [-0.2, -0.15) is 13.2 Å². The van der Waals surface area contributed by atoms with E-state index in [0.717, 1.165) is 17.0 Å². The molecule has 1 atom stereocenters. The van der Waals surface area contributed by atoms with E-state index in [2.05, 4.69) is 10.1 Å². The van der Waals surface area contributed by atoms with E-state index < -0.39 is 47.2 Å². The molecule has 3 aromatic rings. The molecule has 1 aromatic carbocycles. The first-order valence-electron chi connectivity index (χ1n) is 13.3. The Balaban J connectivity index is 1.80. The highest BCUT2D eigenvalue weighted by Gasteiger charge is 2.38. The van der Waals surface area contributed by atoms with Crippen LogP contribution in [0.4, 0.5) is 38.5 Å². The molecule has 0 radical (unpaired) electrons. The van der Waals surface area contributed by atoms with Crippen LogP contribution in [0.5, 0.6) is 5.88 Å². The lowest BCUT2D eigenvalue weighted by Crippen LogP contribution is -2.46. The van der Waals surface area contributed by atoms with Crippen LogP contribution in [-0.2, 0) is 15.7 Å². The summed E-state index contributed by atoms with van der Waals surface area (Å²) in [6.45, 7) is 10.6. The van der Waals surface area contributed by atoms with Crippen LogP contribution in [0.1, 0.15) is 60.1 Å². The van der Waals surface area contributed by atoms with Gasteiger partial charge < -0.3 is 19.1 Å². The predicted octanol–water partition coefficient (Wildman–Crippen LogP) is 6.74. The number of hydrogen-bond donors (Lipinski definition) is 0. The molecular formula is C28H33F4N5O5. The zero-order valence-corrected chi connectivity index (χ0v) is 24.2. The van der Waals surface area contributed by atoms with Crippen LogP contribution in [0.3, 0.4) is 0 Å². The molecule has 3 heterocycles. The number of carbonyl (C=O) groups excluding carboxylic acids is 2. The number of fused-ring (bicyclic) bond motifs is 1. The average molecular weight is 596 g/mol. The number of anilines is 2. The van der Waals surface area contributed by atoms with Gasteiger partial charge in [0.05, 0.1) is 18.4 Å². The van der Waals surface area contributed by atoms with E-state index in [1.54, 1.807) is 41.5 Å². The highest BCUT2D eigenvalue weighted by Crippen LogP contribution is 2.37. The Labute approximate surface area is 240 Å². The molecule has 1 saturated heterocycles. The van der Waals surface area contributed by atoms with Gasteiger partial charge in [-0.05, 0) is 72.6 Å². The first kappa shape index (κ1) is 30.8. The van der Waals surface area contributed by atoms with Gasteiger partial charge in [0.15, 0.2) is 11.3 Å². The zero-order chi connectivity index (χ0) is 31.0. The van der Waals surface area contributed by atoms with E-state index in [9.17, 15) is 27.2 Å². The molecule has 4 rings (SSSR count). The number of rotatable bonds is 4. The fourth-order valence-corrected chi connectivity index (χ4v) is 4.31. The van der Waals surface area contributed by atoms with E-state index in [4.69, 9.17) is 14.2 Å². The number of benzene rings is 1. The van der Waals surface area contributed by atoms with E-state index in [1.807, 2.05) is 0 Å². The maximum Gasteiger partial charge on any atom is 0.435 e. The van der Waals surface area contributed by atoms with Crippen molar-refractivity contribution in [2.45, 2.75) is 77.9 Å². The third-order valence-electron chi connectivity index (χ3n) is 5.92. The van der Waals surface area contributed by atoms with Crippen LogP contribution >= 0.6 is 0 Å².